The van der Waals surface area contributed by atoms with Crippen molar-refractivity contribution in [3.05, 3.63) is 60.6 Å². The number of carbonyl (C=O) groups is 1. The number of carboxylic acid groups (broad SMARTS) is 1. The number of hydrogen-bond donors (Lipinski definition) is 3. The molecule has 1 aromatic carbocycles. The van der Waals surface area contributed by atoms with Crippen molar-refractivity contribution < 1.29 is 22.7 Å². The Morgan fingerprint density at radius 3 is 2.74 bits per heavy atom. The zero-order valence-corrected chi connectivity index (χ0v) is 13.0. The first-order valence-corrected chi connectivity index (χ1v) is 8.16. The van der Waals surface area contributed by atoms with Crippen LogP contribution in [-0.4, -0.2) is 26.0 Å². The summed E-state index contributed by atoms with van der Waals surface area (Å²) in [6.07, 6.45) is 3.00. The van der Waals surface area contributed by atoms with Crippen molar-refractivity contribution in [2.75, 3.05) is 11.9 Å². The number of sulfonamides is 1. The first-order valence-electron chi connectivity index (χ1n) is 6.68. The van der Waals surface area contributed by atoms with Gasteiger partial charge < -0.3 is 14.8 Å². The number of furan rings is 1. The highest BCUT2D eigenvalue weighted by atomic mass is 32.2. The molecule has 0 atom stereocenters. The van der Waals surface area contributed by atoms with Crippen LogP contribution < -0.4 is 10.0 Å². The number of aromatic carboxylic acids is 1. The Labute approximate surface area is 133 Å². The van der Waals surface area contributed by atoms with Gasteiger partial charge in [-0.1, -0.05) is 6.08 Å². The topological polar surface area (TPSA) is 109 Å². The Balaban J connectivity index is 2.34. The third-order valence-electron chi connectivity index (χ3n) is 2.97. The van der Waals surface area contributed by atoms with Crippen molar-refractivity contribution in [3.63, 3.8) is 0 Å². The number of hydrogen-bond acceptors (Lipinski definition) is 5. The molecule has 23 heavy (non-hydrogen) atoms. The molecule has 0 aliphatic rings. The smallest absolute Gasteiger partial charge is 0.335 e. The average molecular weight is 336 g/mol. The highest BCUT2D eigenvalue weighted by Crippen LogP contribution is 2.23. The average Bonchev–Trinajstić information content (AvgIpc) is 3.04. The van der Waals surface area contributed by atoms with Crippen LogP contribution in [-0.2, 0) is 16.6 Å². The fourth-order valence-electron chi connectivity index (χ4n) is 1.86. The minimum atomic E-state index is -3.92. The summed E-state index contributed by atoms with van der Waals surface area (Å²) < 4.78 is 32.4. The van der Waals surface area contributed by atoms with E-state index in [1.165, 1.54) is 18.4 Å². The highest BCUT2D eigenvalue weighted by Gasteiger charge is 2.21. The summed E-state index contributed by atoms with van der Waals surface area (Å²) in [5, 5.41) is 11.9. The lowest BCUT2D eigenvalue weighted by atomic mass is 10.2. The van der Waals surface area contributed by atoms with E-state index in [9.17, 15) is 13.2 Å². The number of anilines is 1. The van der Waals surface area contributed by atoms with E-state index in [4.69, 9.17) is 9.52 Å². The van der Waals surface area contributed by atoms with Crippen LogP contribution >= 0.6 is 0 Å². The van der Waals surface area contributed by atoms with Crippen LogP contribution in [0.2, 0.25) is 0 Å². The summed E-state index contributed by atoms with van der Waals surface area (Å²) in [7, 11) is -3.92. The molecule has 0 radical (unpaired) electrons. The van der Waals surface area contributed by atoms with Gasteiger partial charge in [-0.15, -0.1) is 6.58 Å². The molecule has 0 amide bonds. The number of carboxylic acids is 1. The van der Waals surface area contributed by atoms with Gasteiger partial charge in [-0.3, -0.25) is 0 Å². The van der Waals surface area contributed by atoms with E-state index < -0.39 is 16.0 Å². The van der Waals surface area contributed by atoms with Crippen molar-refractivity contribution in [3.8, 4) is 0 Å². The van der Waals surface area contributed by atoms with Crippen molar-refractivity contribution in [2.45, 2.75) is 11.4 Å². The van der Waals surface area contributed by atoms with Crippen LogP contribution in [0.3, 0.4) is 0 Å². The van der Waals surface area contributed by atoms with Crippen molar-refractivity contribution in [1.82, 2.24) is 4.72 Å². The summed E-state index contributed by atoms with van der Waals surface area (Å²) >= 11 is 0. The Hall–Kier alpha value is -2.58. The molecule has 1 heterocycles. The van der Waals surface area contributed by atoms with Crippen LogP contribution in [0.4, 0.5) is 5.69 Å². The first-order chi connectivity index (χ1) is 10.9. The second kappa shape index (κ2) is 7.12. The summed E-state index contributed by atoms with van der Waals surface area (Å²) in [4.78, 5) is 10.9. The monoisotopic (exact) mass is 336 g/mol. The van der Waals surface area contributed by atoms with Gasteiger partial charge >= 0.3 is 5.97 Å². The van der Waals surface area contributed by atoms with Gasteiger partial charge in [0.25, 0.3) is 0 Å². The minimum absolute atomic E-state index is 0.0342. The lowest BCUT2D eigenvalue weighted by Crippen LogP contribution is -2.24. The second-order valence-corrected chi connectivity index (χ2v) is 6.32. The van der Waals surface area contributed by atoms with E-state index >= 15 is 0 Å². The fourth-order valence-corrected chi connectivity index (χ4v) is 3.06. The molecule has 0 saturated heterocycles. The van der Waals surface area contributed by atoms with Crippen LogP contribution in [0, 0.1) is 0 Å². The standard InChI is InChI=1S/C15H16N2O5S/c1-2-7-16-13-6-5-11(15(18)19)9-14(13)23(20,21)17-10-12-4-3-8-22-12/h2-6,8-9,16-17H,1,7,10H2,(H,18,19). The van der Waals surface area contributed by atoms with Crippen molar-refractivity contribution in [2.24, 2.45) is 0 Å². The maximum atomic E-state index is 12.5. The SMILES string of the molecule is C=CCNc1ccc(C(=O)O)cc1S(=O)(=O)NCc1ccco1. The molecule has 3 N–H and O–H groups in total. The van der Waals surface area contributed by atoms with Gasteiger partial charge in [-0.25, -0.2) is 17.9 Å². The minimum Gasteiger partial charge on any atom is -0.478 e. The van der Waals surface area contributed by atoms with E-state index in [0.717, 1.165) is 6.07 Å². The van der Waals surface area contributed by atoms with Crippen molar-refractivity contribution >= 4 is 21.7 Å². The predicted octanol–water partition coefficient (Wildman–Crippen LogP) is 2.05. The van der Waals surface area contributed by atoms with Gasteiger partial charge in [0.15, 0.2) is 0 Å². The molecule has 0 fully saturated rings. The van der Waals surface area contributed by atoms with E-state index in [0.29, 0.717) is 18.0 Å². The largest absolute Gasteiger partial charge is 0.478 e. The van der Waals surface area contributed by atoms with Crippen LogP contribution in [0.1, 0.15) is 16.1 Å². The summed E-state index contributed by atoms with van der Waals surface area (Å²) in [5.41, 5.74) is 0.175. The maximum Gasteiger partial charge on any atom is 0.335 e. The third kappa shape index (κ3) is 4.21. The fraction of sp³-hybridized carbons (Fsp3) is 0.133. The van der Waals surface area contributed by atoms with Crippen LogP contribution in [0.5, 0.6) is 0 Å². The van der Waals surface area contributed by atoms with E-state index in [2.05, 4.69) is 16.6 Å². The summed E-state index contributed by atoms with van der Waals surface area (Å²) in [6.45, 7) is 3.86. The normalized spacial score (nSPS) is 11.1. The molecule has 1 aromatic heterocycles. The van der Waals surface area contributed by atoms with Gasteiger partial charge in [0.2, 0.25) is 10.0 Å². The van der Waals surface area contributed by atoms with Crippen molar-refractivity contribution in [1.29, 1.82) is 0 Å². The molecule has 0 bridgehead atoms. The Kier molecular flexibility index (Phi) is 5.20. The zero-order chi connectivity index (χ0) is 16.9. The quantitative estimate of drug-likeness (QED) is 0.637. The van der Waals surface area contributed by atoms with E-state index in [-0.39, 0.29) is 17.0 Å². The summed E-state index contributed by atoms with van der Waals surface area (Å²) in [6, 6.07) is 7.13. The second-order valence-electron chi connectivity index (χ2n) is 4.59. The predicted molar refractivity (Wildman–Crippen MR) is 84.8 cm³/mol. The third-order valence-corrected chi connectivity index (χ3v) is 4.41. The Bertz CT molecular complexity index is 797. The molecule has 2 rings (SSSR count). The summed E-state index contributed by atoms with van der Waals surface area (Å²) in [5.74, 6) is -0.758. The molecule has 0 saturated carbocycles. The molecule has 8 heteroatoms. The zero-order valence-electron chi connectivity index (χ0n) is 12.2. The lowest BCUT2D eigenvalue weighted by Gasteiger charge is -2.13. The lowest BCUT2D eigenvalue weighted by molar-refractivity contribution is 0.0696. The highest BCUT2D eigenvalue weighted by molar-refractivity contribution is 7.89. The van der Waals surface area contributed by atoms with Gasteiger partial charge in [-0.05, 0) is 30.3 Å². The van der Waals surface area contributed by atoms with E-state index in [1.54, 1.807) is 18.2 Å². The molecular weight excluding hydrogens is 320 g/mol. The Morgan fingerprint density at radius 1 is 1.35 bits per heavy atom. The molecule has 0 aliphatic heterocycles. The van der Waals surface area contributed by atoms with Gasteiger partial charge in [0.05, 0.1) is 24.1 Å². The molecule has 122 valence electrons. The van der Waals surface area contributed by atoms with E-state index in [1.807, 2.05) is 0 Å². The number of benzene rings is 1. The molecule has 2 aromatic rings. The van der Waals surface area contributed by atoms with Crippen LogP contribution in [0.15, 0.2) is 58.6 Å². The molecule has 0 aliphatic carbocycles. The first kappa shape index (κ1) is 16.8. The van der Waals surface area contributed by atoms with Gasteiger partial charge in [-0.2, -0.15) is 0 Å². The number of nitrogens with one attached hydrogen (secondary N) is 2. The number of rotatable bonds is 8. The van der Waals surface area contributed by atoms with Gasteiger partial charge in [0.1, 0.15) is 10.7 Å². The molecular formula is C15H16N2O5S. The van der Waals surface area contributed by atoms with Crippen LogP contribution in [0.25, 0.3) is 0 Å². The molecule has 0 unspecified atom stereocenters. The molecule has 0 spiro atoms. The maximum absolute atomic E-state index is 12.5. The van der Waals surface area contributed by atoms with Gasteiger partial charge in [0, 0.05) is 6.54 Å². The Morgan fingerprint density at radius 2 is 2.13 bits per heavy atom. The molecule has 7 nitrogen and oxygen atoms in total.